The fourth-order valence-electron chi connectivity index (χ4n) is 5.97. The maximum absolute atomic E-state index is 13.8. The Hall–Kier alpha value is -3.76. The van der Waals surface area contributed by atoms with E-state index in [4.69, 9.17) is 23.7 Å². The van der Waals surface area contributed by atoms with Crippen LogP contribution in [0.25, 0.3) is 0 Å². The Labute approximate surface area is 265 Å². The standard InChI is InChI=1S/C36H44N2O7/c1-36(2,3)45-35(40)38-28(34(39)37-4)20-29-31(38)33(43-23-27-18-12-7-13-19-27)32(42-22-26-16-10-6-11-17-26)30(44-29)24-41-21-25-14-8-5-9-15-25/h5-19,28-33H,20-24H2,1-4H3,(H,37,39)/t28-,29+,30+,31-,32+,33+/m0/s1. The first-order valence-corrected chi connectivity index (χ1v) is 15.5. The number of hydrogen-bond donors (Lipinski definition) is 1. The largest absolute Gasteiger partial charge is 0.444 e. The lowest BCUT2D eigenvalue weighted by molar-refractivity contribution is -0.234. The Kier molecular flexibility index (Phi) is 10.9. The molecule has 9 nitrogen and oxygen atoms in total. The van der Waals surface area contributed by atoms with Gasteiger partial charge in [0, 0.05) is 13.5 Å². The van der Waals surface area contributed by atoms with E-state index < -0.39 is 48.2 Å². The van der Waals surface area contributed by atoms with E-state index in [1.165, 1.54) is 4.90 Å². The average Bonchev–Trinajstić information content (AvgIpc) is 3.43. The van der Waals surface area contributed by atoms with Crippen molar-refractivity contribution in [1.82, 2.24) is 10.2 Å². The molecule has 2 aliphatic rings. The summed E-state index contributed by atoms with van der Waals surface area (Å²) in [5, 5.41) is 2.72. The Morgan fingerprint density at radius 3 is 1.82 bits per heavy atom. The van der Waals surface area contributed by atoms with Crippen LogP contribution in [0.15, 0.2) is 91.0 Å². The number of rotatable bonds is 11. The molecular weight excluding hydrogens is 572 g/mol. The van der Waals surface area contributed by atoms with E-state index in [1.807, 2.05) is 91.0 Å². The Morgan fingerprint density at radius 2 is 1.31 bits per heavy atom. The smallest absolute Gasteiger partial charge is 0.411 e. The van der Waals surface area contributed by atoms with Crippen LogP contribution in [-0.2, 0) is 48.3 Å². The molecule has 6 atom stereocenters. The van der Waals surface area contributed by atoms with Gasteiger partial charge in [0.2, 0.25) is 5.91 Å². The van der Waals surface area contributed by atoms with Gasteiger partial charge >= 0.3 is 6.09 Å². The highest BCUT2D eigenvalue weighted by atomic mass is 16.6. The molecule has 0 saturated carbocycles. The fourth-order valence-corrected chi connectivity index (χ4v) is 5.97. The van der Waals surface area contributed by atoms with Crippen molar-refractivity contribution in [2.45, 2.75) is 89.1 Å². The van der Waals surface area contributed by atoms with Gasteiger partial charge in [-0.05, 0) is 37.5 Å². The number of fused-ring (bicyclic) bond motifs is 1. The van der Waals surface area contributed by atoms with E-state index in [0.29, 0.717) is 13.2 Å². The van der Waals surface area contributed by atoms with Crippen molar-refractivity contribution in [3.8, 4) is 0 Å². The van der Waals surface area contributed by atoms with E-state index >= 15 is 0 Å². The lowest BCUT2D eigenvalue weighted by atomic mass is 9.92. The summed E-state index contributed by atoms with van der Waals surface area (Å²) >= 11 is 0. The molecule has 2 amide bonds. The topological polar surface area (TPSA) is 95.6 Å². The predicted molar refractivity (Wildman–Crippen MR) is 169 cm³/mol. The van der Waals surface area contributed by atoms with Crippen LogP contribution < -0.4 is 5.32 Å². The molecule has 0 aromatic heterocycles. The third kappa shape index (κ3) is 8.49. The minimum atomic E-state index is -0.804. The van der Waals surface area contributed by atoms with E-state index in [9.17, 15) is 9.59 Å². The van der Waals surface area contributed by atoms with Gasteiger partial charge in [0.05, 0.1) is 38.6 Å². The van der Waals surface area contributed by atoms with E-state index in [0.717, 1.165) is 16.7 Å². The summed E-state index contributed by atoms with van der Waals surface area (Å²) in [6.45, 7) is 6.64. The third-order valence-corrected chi connectivity index (χ3v) is 7.99. The van der Waals surface area contributed by atoms with Crippen LogP contribution in [0.2, 0.25) is 0 Å². The van der Waals surface area contributed by atoms with Crippen molar-refractivity contribution in [3.05, 3.63) is 108 Å². The highest BCUT2D eigenvalue weighted by Crippen LogP contribution is 2.40. The number of likely N-dealkylation sites (tertiary alicyclic amines) is 1. The first-order valence-electron chi connectivity index (χ1n) is 15.5. The second-order valence-corrected chi connectivity index (χ2v) is 12.5. The van der Waals surface area contributed by atoms with Crippen molar-refractivity contribution in [1.29, 1.82) is 0 Å². The third-order valence-electron chi connectivity index (χ3n) is 7.99. The molecule has 0 spiro atoms. The van der Waals surface area contributed by atoms with Gasteiger partial charge in [-0.25, -0.2) is 4.79 Å². The van der Waals surface area contributed by atoms with Gasteiger partial charge in [0.1, 0.15) is 30.0 Å². The molecule has 2 aliphatic heterocycles. The van der Waals surface area contributed by atoms with Crippen molar-refractivity contribution < 1.29 is 33.3 Å². The molecular formula is C36H44N2O7. The van der Waals surface area contributed by atoms with Crippen molar-refractivity contribution in [2.24, 2.45) is 0 Å². The molecule has 3 aromatic carbocycles. The number of nitrogens with one attached hydrogen (secondary N) is 1. The molecule has 0 bridgehead atoms. The van der Waals surface area contributed by atoms with Gasteiger partial charge in [0.15, 0.2) is 0 Å². The molecule has 5 rings (SSSR count). The number of nitrogens with zero attached hydrogens (tertiary/aromatic N) is 1. The molecule has 0 unspecified atom stereocenters. The predicted octanol–water partition coefficient (Wildman–Crippen LogP) is 5.27. The number of amides is 2. The van der Waals surface area contributed by atoms with E-state index in [2.05, 4.69) is 5.32 Å². The minimum Gasteiger partial charge on any atom is -0.444 e. The van der Waals surface area contributed by atoms with Crippen molar-refractivity contribution in [3.63, 3.8) is 0 Å². The van der Waals surface area contributed by atoms with Crippen LogP contribution in [0, 0.1) is 0 Å². The highest BCUT2D eigenvalue weighted by Gasteiger charge is 2.59. The van der Waals surface area contributed by atoms with Gasteiger partial charge in [0.25, 0.3) is 0 Å². The Bertz CT molecular complexity index is 1370. The maximum Gasteiger partial charge on any atom is 0.411 e. The van der Waals surface area contributed by atoms with Gasteiger partial charge in [-0.1, -0.05) is 91.0 Å². The molecule has 3 aromatic rings. The summed E-state index contributed by atoms with van der Waals surface area (Å²) in [7, 11) is 1.56. The van der Waals surface area contributed by atoms with E-state index in [1.54, 1.807) is 27.8 Å². The van der Waals surface area contributed by atoms with Crippen LogP contribution in [0.5, 0.6) is 0 Å². The molecule has 1 N–H and O–H groups in total. The van der Waals surface area contributed by atoms with E-state index in [-0.39, 0.29) is 25.5 Å². The molecule has 2 heterocycles. The summed E-state index contributed by atoms with van der Waals surface area (Å²) in [5.74, 6) is -0.292. The normalized spacial score (nSPS) is 24.6. The van der Waals surface area contributed by atoms with Gasteiger partial charge < -0.3 is 29.0 Å². The molecule has 0 aliphatic carbocycles. The SMILES string of the molecule is CNC(=O)[C@@H]1C[C@H]2O[C@H](COCc3ccccc3)[C@@H](OCc3ccccc3)[C@H](OCc3ccccc3)[C@H]2N1C(=O)OC(C)(C)C. The van der Waals surface area contributed by atoms with Crippen LogP contribution in [0.4, 0.5) is 4.79 Å². The molecule has 9 heteroatoms. The first-order chi connectivity index (χ1) is 21.7. The molecule has 2 fully saturated rings. The number of carbonyl (C=O) groups excluding carboxylic acids is 2. The van der Waals surface area contributed by atoms with Crippen LogP contribution >= 0.6 is 0 Å². The number of benzene rings is 3. The monoisotopic (exact) mass is 616 g/mol. The number of hydrogen-bond acceptors (Lipinski definition) is 7. The Morgan fingerprint density at radius 1 is 0.800 bits per heavy atom. The minimum absolute atomic E-state index is 0.236. The van der Waals surface area contributed by atoms with Crippen LogP contribution in [-0.4, -0.2) is 72.7 Å². The molecule has 2 saturated heterocycles. The van der Waals surface area contributed by atoms with Crippen molar-refractivity contribution in [2.75, 3.05) is 13.7 Å². The molecule has 0 radical (unpaired) electrons. The van der Waals surface area contributed by atoms with Gasteiger partial charge in [-0.3, -0.25) is 9.69 Å². The molecule has 45 heavy (non-hydrogen) atoms. The van der Waals surface area contributed by atoms with Gasteiger partial charge in [-0.2, -0.15) is 0 Å². The number of likely N-dealkylation sites (N-methyl/N-ethyl adjacent to an activating group) is 1. The quantitative estimate of drug-likeness (QED) is 0.314. The lowest BCUT2D eigenvalue weighted by Gasteiger charge is -2.46. The summed E-state index contributed by atoms with van der Waals surface area (Å²) < 4.78 is 32.1. The zero-order chi connectivity index (χ0) is 31.8. The summed E-state index contributed by atoms with van der Waals surface area (Å²) in [4.78, 5) is 28.5. The lowest BCUT2D eigenvalue weighted by Crippen LogP contribution is -2.64. The van der Waals surface area contributed by atoms with Crippen LogP contribution in [0.1, 0.15) is 43.9 Å². The Balaban J connectivity index is 1.48. The zero-order valence-corrected chi connectivity index (χ0v) is 26.5. The highest BCUT2D eigenvalue weighted by molar-refractivity contribution is 5.86. The fraction of sp³-hybridized carbons (Fsp3) is 0.444. The summed E-state index contributed by atoms with van der Waals surface area (Å²) in [5.41, 5.74) is 2.24. The number of ether oxygens (including phenoxy) is 5. The second kappa shape index (κ2) is 15.0. The van der Waals surface area contributed by atoms with Crippen LogP contribution in [0.3, 0.4) is 0 Å². The summed E-state index contributed by atoms with van der Waals surface area (Å²) in [6, 6.07) is 28.2. The maximum atomic E-state index is 13.8. The zero-order valence-electron chi connectivity index (χ0n) is 26.5. The molecule has 240 valence electrons. The average molecular weight is 617 g/mol. The van der Waals surface area contributed by atoms with Crippen molar-refractivity contribution >= 4 is 12.0 Å². The second-order valence-electron chi connectivity index (χ2n) is 12.5. The number of carbonyl (C=O) groups is 2. The summed E-state index contributed by atoms with van der Waals surface area (Å²) in [6.07, 6.45) is -2.62. The van der Waals surface area contributed by atoms with Gasteiger partial charge in [-0.15, -0.1) is 0 Å². The first kappa shape index (κ1) is 32.6.